The number of carbonyl (C=O) groups excluding carboxylic acids is 2. The average Bonchev–Trinajstić information content (AvgIpc) is 3.34. The Morgan fingerprint density at radius 1 is 1.00 bits per heavy atom. The minimum atomic E-state index is -0.405. The van der Waals surface area contributed by atoms with Gasteiger partial charge < -0.3 is 14.5 Å². The van der Waals surface area contributed by atoms with E-state index in [1.807, 2.05) is 80.0 Å². The van der Waals surface area contributed by atoms with Crippen LogP contribution in [0.3, 0.4) is 0 Å². The predicted molar refractivity (Wildman–Crippen MR) is 159 cm³/mol. The van der Waals surface area contributed by atoms with Gasteiger partial charge in [-0.2, -0.15) is 0 Å². The average molecular weight is 564 g/mol. The number of ether oxygens (including phenoxy) is 1. The summed E-state index contributed by atoms with van der Waals surface area (Å²) in [6.45, 7) is 9.68. The number of rotatable bonds is 10. The van der Waals surface area contributed by atoms with Crippen LogP contribution >= 0.6 is 11.8 Å². The van der Waals surface area contributed by atoms with Gasteiger partial charge in [0.1, 0.15) is 11.6 Å². The second kappa shape index (κ2) is 13.4. The molecule has 2 amide bonds. The van der Waals surface area contributed by atoms with E-state index in [0.29, 0.717) is 32.5 Å². The van der Waals surface area contributed by atoms with Gasteiger partial charge >= 0.3 is 0 Å². The maximum absolute atomic E-state index is 12.9. The molecule has 0 N–H and O–H groups in total. The fourth-order valence-corrected chi connectivity index (χ4v) is 5.86. The molecule has 1 saturated heterocycles. The Hall–Kier alpha value is -3.33. The van der Waals surface area contributed by atoms with Crippen LogP contribution in [-0.2, 0) is 16.0 Å². The molecule has 1 aliphatic heterocycles. The Bertz CT molecular complexity index is 1270. The molecule has 40 heavy (non-hydrogen) atoms. The van der Waals surface area contributed by atoms with Crippen molar-refractivity contribution in [3.63, 3.8) is 0 Å². The van der Waals surface area contributed by atoms with Crippen LogP contribution in [0.15, 0.2) is 59.8 Å². The van der Waals surface area contributed by atoms with Gasteiger partial charge in [-0.3, -0.25) is 14.2 Å². The fourth-order valence-electron chi connectivity index (χ4n) is 4.89. The summed E-state index contributed by atoms with van der Waals surface area (Å²) in [7, 11) is 1.66. The summed E-state index contributed by atoms with van der Waals surface area (Å²) < 4.78 is 7.45. The molecule has 0 aliphatic carbocycles. The Labute approximate surface area is 242 Å². The zero-order chi connectivity index (χ0) is 28.7. The van der Waals surface area contributed by atoms with E-state index in [1.54, 1.807) is 18.9 Å². The molecule has 3 aromatic rings. The summed E-state index contributed by atoms with van der Waals surface area (Å²) in [6, 6.07) is 18.2. The summed E-state index contributed by atoms with van der Waals surface area (Å²) in [5, 5.41) is 9.90. The first kappa shape index (κ1) is 29.6. The van der Waals surface area contributed by atoms with Crippen molar-refractivity contribution < 1.29 is 14.3 Å². The van der Waals surface area contributed by atoms with E-state index in [4.69, 9.17) is 4.74 Å². The number of benzene rings is 2. The van der Waals surface area contributed by atoms with E-state index < -0.39 is 5.41 Å². The Kier molecular flexibility index (Phi) is 9.90. The van der Waals surface area contributed by atoms with Crippen molar-refractivity contribution in [3.05, 3.63) is 66.0 Å². The zero-order valence-electron chi connectivity index (χ0n) is 24.3. The molecule has 2 heterocycles. The van der Waals surface area contributed by atoms with E-state index in [9.17, 15) is 9.59 Å². The van der Waals surface area contributed by atoms with E-state index in [1.165, 1.54) is 5.56 Å². The number of amides is 2. The fraction of sp³-hybridized carbons (Fsp3) is 0.484. The van der Waals surface area contributed by atoms with Crippen molar-refractivity contribution in [2.75, 3.05) is 32.5 Å². The number of methoxy groups -OCH3 is 1. The number of hydrogen-bond donors (Lipinski definition) is 0. The summed E-state index contributed by atoms with van der Waals surface area (Å²) in [5.74, 6) is 2.85. The predicted octanol–water partition coefficient (Wildman–Crippen LogP) is 5.23. The van der Waals surface area contributed by atoms with Gasteiger partial charge in [-0.05, 0) is 49.6 Å². The molecule has 0 saturated carbocycles. The van der Waals surface area contributed by atoms with Crippen LogP contribution in [-0.4, -0.2) is 74.9 Å². The van der Waals surface area contributed by atoms with Crippen molar-refractivity contribution in [3.8, 4) is 11.4 Å². The molecule has 214 valence electrons. The Balaban J connectivity index is 1.31. The topological polar surface area (TPSA) is 80.6 Å². The van der Waals surface area contributed by atoms with E-state index >= 15 is 0 Å². The molecule has 1 aliphatic rings. The lowest BCUT2D eigenvalue weighted by atomic mass is 9.93. The maximum Gasteiger partial charge on any atom is 0.228 e. The highest BCUT2D eigenvalue weighted by molar-refractivity contribution is 7.99. The SMILES string of the molecule is COc1ccc(-n2c(Cc3ccccc3)nnc2SCCCCC(=O)N2CCN(C(=O)C(C)(C)C)C(C)C2)cc1. The van der Waals surface area contributed by atoms with Crippen LogP contribution in [0.4, 0.5) is 0 Å². The van der Waals surface area contributed by atoms with Crippen LogP contribution in [0.5, 0.6) is 5.75 Å². The molecule has 2 aromatic carbocycles. The molecule has 1 atom stereocenters. The van der Waals surface area contributed by atoms with Gasteiger partial charge in [0.25, 0.3) is 0 Å². The number of aromatic nitrogens is 3. The zero-order valence-corrected chi connectivity index (χ0v) is 25.1. The first-order valence-corrected chi connectivity index (χ1v) is 15.0. The van der Waals surface area contributed by atoms with Crippen LogP contribution in [0, 0.1) is 5.41 Å². The van der Waals surface area contributed by atoms with Crippen LogP contribution in [0.2, 0.25) is 0 Å². The van der Waals surface area contributed by atoms with E-state index in [0.717, 1.165) is 41.0 Å². The lowest BCUT2D eigenvalue weighted by molar-refractivity contribution is -0.148. The molecule has 0 spiro atoms. The number of hydrogen-bond acceptors (Lipinski definition) is 6. The number of piperazine rings is 1. The summed E-state index contributed by atoms with van der Waals surface area (Å²) in [6.07, 6.45) is 2.92. The molecule has 4 rings (SSSR count). The summed E-state index contributed by atoms with van der Waals surface area (Å²) in [5.41, 5.74) is 1.77. The summed E-state index contributed by atoms with van der Waals surface area (Å²) >= 11 is 1.67. The molecule has 0 bridgehead atoms. The van der Waals surface area contributed by atoms with Crippen molar-refractivity contribution >= 4 is 23.6 Å². The quantitative estimate of drug-likeness (QED) is 0.248. The number of thioether (sulfide) groups is 1. The van der Waals surface area contributed by atoms with Gasteiger partial charge in [0.15, 0.2) is 5.16 Å². The first-order valence-electron chi connectivity index (χ1n) is 14.0. The molecule has 1 aromatic heterocycles. The van der Waals surface area contributed by atoms with Crippen LogP contribution < -0.4 is 4.74 Å². The van der Waals surface area contributed by atoms with Crippen molar-refractivity contribution in [2.45, 2.75) is 64.6 Å². The van der Waals surface area contributed by atoms with Gasteiger partial charge in [0.2, 0.25) is 11.8 Å². The van der Waals surface area contributed by atoms with Gasteiger partial charge in [0.05, 0.1) is 7.11 Å². The second-order valence-electron chi connectivity index (χ2n) is 11.3. The number of nitrogens with zero attached hydrogens (tertiary/aromatic N) is 5. The highest BCUT2D eigenvalue weighted by atomic mass is 32.2. The highest BCUT2D eigenvalue weighted by Crippen LogP contribution is 2.26. The lowest BCUT2D eigenvalue weighted by Crippen LogP contribution is -2.57. The molecule has 8 nitrogen and oxygen atoms in total. The second-order valence-corrected chi connectivity index (χ2v) is 12.4. The van der Waals surface area contributed by atoms with E-state index in [-0.39, 0.29) is 17.9 Å². The molecule has 0 radical (unpaired) electrons. The summed E-state index contributed by atoms with van der Waals surface area (Å²) in [4.78, 5) is 29.4. The monoisotopic (exact) mass is 563 g/mol. The van der Waals surface area contributed by atoms with Crippen molar-refractivity contribution in [1.29, 1.82) is 0 Å². The molecule has 9 heteroatoms. The normalized spacial score (nSPS) is 15.8. The van der Waals surface area contributed by atoms with Gasteiger partial charge in [-0.15, -0.1) is 10.2 Å². The highest BCUT2D eigenvalue weighted by Gasteiger charge is 2.34. The smallest absolute Gasteiger partial charge is 0.228 e. The van der Waals surface area contributed by atoms with E-state index in [2.05, 4.69) is 26.9 Å². The van der Waals surface area contributed by atoms with Crippen LogP contribution in [0.25, 0.3) is 5.69 Å². The van der Waals surface area contributed by atoms with Crippen LogP contribution in [0.1, 0.15) is 58.3 Å². The van der Waals surface area contributed by atoms with Crippen molar-refractivity contribution in [1.82, 2.24) is 24.6 Å². The van der Waals surface area contributed by atoms with Gasteiger partial charge in [0, 0.05) is 55.4 Å². The third-order valence-electron chi connectivity index (χ3n) is 7.13. The third kappa shape index (κ3) is 7.44. The maximum atomic E-state index is 12.9. The van der Waals surface area contributed by atoms with Gasteiger partial charge in [-0.25, -0.2) is 0 Å². The van der Waals surface area contributed by atoms with Gasteiger partial charge in [-0.1, -0.05) is 62.9 Å². The van der Waals surface area contributed by atoms with Crippen molar-refractivity contribution in [2.24, 2.45) is 5.41 Å². The Morgan fingerprint density at radius 2 is 1.73 bits per heavy atom. The minimum Gasteiger partial charge on any atom is -0.497 e. The largest absolute Gasteiger partial charge is 0.497 e. The molecular formula is C31H41N5O3S. The third-order valence-corrected chi connectivity index (χ3v) is 8.15. The lowest BCUT2D eigenvalue weighted by Gasteiger charge is -2.42. The molecular weight excluding hydrogens is 522 g/mol. The number of carbonyl (C=O) groups is 2. The Morgan fingerprint density at radius 3 is 2.38 bits per heavy atom. The molecule has 1 unspecified atom stereocenters. The standard InChI is InChI=1S/C31H41N5O3S/c1-23-22-34(18-19-35(23)29(38)31(2,3)4)28(37)13-9-10-20-40-30-33-32-27(21-24-11-7-6-8-12-24)36(30)25-14-16-26(39-5)17-15-25/h6-8,11-12,14-17,23H,9-10,13,18-22H2,1-5H3. The first-order chi connectivity index (χ1) is 19.2. The number of unbranched alkanes of at least 4 members (excludes halogenated alkanes) is 1. The minimum absolute atomic E-state index is 0.0365. The molecule has 1 fully saturated rings.